The van der Waals surface area contributed by atoms with E-state index in [1.807, 2.05) is 0 Å². The summed E-state index contributed by atoms with van der Waals surface area (Å²) < 4.78 is 46.0. The van der Waals surface area contributed by atoms with Gasteiger partial charge in [0.1, 0.15) is 0 Å². The van der Waals surface area contributed by atoms with Crippen LogP contribution in [0.25, 0.3) is 11.1 Å². The number of benzene rings is 2. The van der Waals surface area contributed by atoms with Crippen LogP contribution in [0.15, 0.2) is 56.1 Å². The fourth-order valence-corrected chi connectivity index (χ4v) is 3.19. The van der Waals surface area contributed by atoms with Crippen LogP contribution in [-0.4, -0.2) is 27.1 Å². The van der Waals surface area contributed by atoms with Gasteiger partial charge in [-0.25, -0.2) is 4.79 Å². The van der Waals surface area contributed by atoms with Crippen LogP contribution in [0.5, 0.6) is 0 Å². The van der Waals surface area contributed by atoms with Gasteiger partial charge in [0.25, 0.3) is 5.69 Å². The predicted molar refractivity (Wildman–Crippen MR) is 97.7 cm³/mol. The SMILES string of the molecule is O=c1oc2cc(Br)ccc2n1CN(Cc1ccccc1[N+](=O)[O-])CC(F)(F)F. The summed E-state index contributed by atoms with van der Waals surface area (Å²) in [5, 5.41) is 11.2. The normalized spacial score (nSPS) is 12.0. The molecule has 0 atom stereocenters. The average molecular weight is 460 g/mol. The maximum absolute atomic E-state index is 13.1. The maximum atomic E-state index is 13.1. The Kier molecular flexibility index (Phi) is 5.57. The number of oxazole rings is 1. The standard InChI is InChI=1S/C17H13BrF3N3O4/c18-12-5-6-14-15(7-12)28-16(25)23(14)10-22(9-17(19,20)21)8-11-3-1-2-4-13(11)24(26)27/h1-7H,8-10H2. The van der Waals surface area contributed by atoms with Crippen LogP contribution in [-0.2, 0) is 13.2 Å². The Balaban J connectivity index is 1.97. The van der Waals surface area contributed by atoms with Crippen LogP contribution in [0, 0.1) is 10.1 Å². The molecular formula is C17H13BrF3N3O4. The zero-order valence-corrected chi connectivity index (χ0v) is 15.7. The van der Waals surface area contributed by atoms with Gasteiger partial charge in [0, 0.05) is 22.6 Å². The first-order valence-electron chi connectivity index (χ1n) is 7.94. The van der Waals surface area contributed by atoms with Crippen molar-refractivity contribution in [2.45, 2.75) is 19.4 Å². The molecule has 2 aromatic carbocycles. The monoisotopic (exact) mass is 459 g/mol. The number of nitro benzene ring substituents is 1. The topological polar surface area (TPSA) is 81.5 Å². The first-order valence-corrected chi connectivity index (χ1v) is 8.73. The molecule has 3 aromatic rings. The molecule has 1 aromatic heterocycles. The molecule has 0 aliphatic carbocycles. The van der Waals surface area contributed by atoms with E-state index in [2.05, 4.69) is 15.9 Å². The van der Waals surface area contributed by atoms with Crippen molar-refractivity contribution in [2.75, 3.05) is 6.54 Å². The summed E-state index contributed by atoms with van der Waals surface area (Å²) >= 11 is 3.23. The number of fused-ring (bicyclic) bond motifs is 1. The molecule has 0 fully saturated rings. The van der Waals surface area contributed by atoms with Crippen molar-refractivity contribution in [3.8, 4) is 0 Å². The number of nitrogens with zero attached hydrogens (tertiary/aromatic N) is 3. The van der Waals surface area contributed by atoms with E-state index in [1.54, 1.807) is 12.1 Å². The summed E-state index contributed by atoms with van der Waals surface area (Å²) in [7, 11) is 0. The van der Waals surface area contributed by atoms with Crippen LogP contribution >= 0.6 is 15.9 Å². The predicted octanol–water partition coefficient (Wildman–Crippen LogP) is 4.29. The second kappa shape index (κ2) is 7.76. The van der Waals surface area contributed by atoms with Gasteiger partial charge in [0.05, 0.1) is 23.7 Å². The third kappa shape index (κ3) is 4.60. The van der Waals surface area contributed by atoms with Gasteiger partial charge in [0.15, 0.2) is 5.58 Å². The molecule has 0 bridgehead atoms. The number of para-hydroxylation sites is 1. The molecule has 28 heavy (non-hydrogen) atoms. The molecule has 0 radical (unpaired) electrons. The summed E-state index contributed by atoms with van der Waals surface area (Å²) in [4.78, 5) is 23.5. The van der Waals surface area contributed by atoms with Gasteiger partial charge in [-0.05, 0) is 18.2 Å². The summed E-state index contributed by atoms with van der Waals surface area (Å²) in [6.07, 6.45) is -4.56. The lowest BCUT2D eigenvalue weighted by Crippen LogP contribution is -2.37. The van der Waals surface area contributed by atoms with Crippen molar-refractivity contribution >= 4 is 32.7 Å². The number of alkyl halides is 3. The van der Waals surface area contributed by atoms with Crippen molar-refractivity contribution in [1.82, 2.24) is 9.47 Å². The van der Waals surface area contributed by atoms with Crippen molar-refractivity contribution in [3.05, 3.63) is 73.2 Å². The van der Waals surface area contributed by atoms with Crippen molar-refractivity contribution < 1.29 is 22.5 Å². The van der Waals surface area contributed by atoms with E-state index in [4.69, 9.17) is 4.42 Å². The minimum absolute atomic E-state index is 0.111. The van der Waals surface area contributed by atoms with Crippen LogP contribution in [0.2, 0.25) is 0 Å². The third-order valence-electron chi connectivity index (χ3n) is 3.96. The first kappa shape index (κ1) is 20.1. The Morgan fingerprint density at radius 3 is 2.61 bits per heavy atom. The number of halogens is 4. The van der Waals surface area contributed by atoms with Crippen LogP contribution in [0.3, 0.4) is 0 Å². The molecule has 0 amide bonds. The molecule has 11 heteroatoms. The lowest BCUT2D eigenvalue weighted by atomic mass is 10.1. The van der Waals surface area contributed by atoms with E-state index < -0.39 is 30.1 Å². The van der Waals surface area contributed by atoms with Gasteiger partial charge >= 0.3 is 11.9 Å². The highest BCUT2D eigenvalue weighted by Gasteiger charge is 2.32. The molecule has 0 N–H and O–H groups in total. The van der Waals surface area contributed by atoms with Gasteiger partial charge in [-0.1, -0.05) is 34.1 Å². The van der Waals surface area contributed by atoms with Gasteiger partial charge < -0.3 is 4.42 Å². The number of hydrogen-bond donors (Lipinski definition) is 0. The maximum Gasteiger partial charge on any atom is 0.421 e. The number of rotatable bonds is 6. The second-order valence-corrected chi connectivity index (χ2v) is 6.95. The van der Waals surface area contributed by atoms with E-state index in [-0.39, 0.29) is 23.4 Å². The second-order valence-electron chi connectivity index (χ2n) is 6.04. The highest BCUT2D eigenvalue weighted by molar-refractivity contribution is 9.10. The van der Waals surface area contributed by atoms with Gasteiger partial charge in [-0.2, -0.15) is 13.2 Å². The summed E-state index contributed by atoms with van der Waals surface area (Å²) in [6.45, 7) is -2.17. The fraction of sp³-hybridized carbons (Fsp3) is 0.235. The quantitative estimate of drug-likeness (QED) is 0.405. The summed E-state index contributed by atoms with van der Waals surface area (Å²) in [6, 6.07) is 10.2. The van der Waals surface area contributed by atoms with E-state index in [0.29, 0.717) is 9.99 Å². The molecule has 0 saturated heterocycles. The van der Waals surface area contributed by atoms with E-state index in [0.717, 1.165) is 9.47 Å². The fourth-order valence-electron chi connectivity index (χ4n) is 2.85. The lowest BCUT2D eigenvalue weighted by Gasteiger charge is -2.23. The van der Waals surface area contributed by atoms with Crippen molar-refractivity contribution in [1.29, 1.82) is 0 Å². The molecule has 148 valence electrons. The smallest absolute Gasteiger partial charge is 0.408 e. The largest absolute Gasteiger partial charge is 0.421 e. The van der Waals surface area contributed by atoms with Crippen LogP contribution < -0.4 is 5.76 Å². The molecule has 0 saturated carbocycles. The summed E-state index contributed by atoms with van der Waals surface area (Å²) in [5.74, 6) is -0.817. The van der Waals surface area contributed by atoms with Crippen LogP contribution in [0.4, 0.5) is 18.9 Å². The Bertz CT molecular complexity index is 1080. The highest BCUT2D eigenvalue weighted by Crippen LogP contribution is 2.24. The molecular weight excluding hydrogens is 447 g/mol. The van der Waals surface area contributed by atoms with Crippen LogP contribution in [0.1, 0.15) is 5.56 Å². The molecule has 0 aliphatic rings. The number of hydrogen-bond acceptors (Lipinski definition) is 5. The summed E-state index contributed by atoms with van der Waals surface area (Å²) in [5.41, 5.74) is 0.364. The number of aromatic nitrogens is 1. The zero-order chi connectivity index (χ0) is 20.5. The molecule has 3 rings (SSSR count). The molecule has 7 nitrogen and oxygen atoms in total. The van der Waals surface area contributed by atoms with Gasteiger partial charge in [-0.3, -0.25) is 19.6 Å². The molecule has 1 heterocycles. The zero-order valence-electron chi connectivity index (χ0n) is 14.1. The van der Waals surface area contributed by atoms with Gasteiger partial charge in [0.2, 0.25) is 0 Å². The molecule has 0 spiro atoms. The molecule has 0 aliphatic heterocycles. The van der Waals surface area contributed by atoms with Gasteiger partial charge in [-0.15, -0.1) is 0 Å². The first-order chi connectivity index (χ1) is 13.1. The molecule has 0 unspecified atom stereocenters. The van der Waals surface area contributed by atoms with Crippen molar-refractivity contribution in [3.63, 3.8) is 0 Å². The Hall–Kier alpha value is -2.66. The van der Waals surface area contributed by atoms with Crippen molar-refractivity contribution in [2.24, 2.45) is 0 Å². The minimum atomic E-state index is -4.56. The average Bonchev–Trinajstić information content (AvgIpc) is 2.88. The van der Waals surface area contributed by atoms with E-state index in [9.17, 15) is 28.1 Å². The van der Waals surface area contributed by atoms with E-state index >= 15 is 0 Å². The Morgan fingerprint density at radius 1 is 1.21 bits per heavy atom. The van der Waals surface area contributed by atoms with E-state index in [1.165, 1.54) is 30.3 Å². The lowest BCUT2D eigenvalue weighted by molar-refractivity contribution is -0.385. The third-order valence-corrected chi connectivity index (χ3v) is 4.45. The minimum Gasteiger partial charge on any atom is -0.408 e. The Morgan fingerprint density at radius 2 is 1.93 bits per heavy atom. The Labute approximate surface area is 164 Å². The number of nitro groups is 1. The highest BCUT2D eigenvalue weighted by atomic mass is 79.9.